The van der Waals surface area contributed by atoms with Gasteiger partial charge in [-0.1, -0.05) is 0 Å². The summed E-state index contributed by atoms with van der Waals surface area (Å²) in [6.45, 7) is -0.278. The van der Waals surface area contributed by atoms with E-state index < -0.39 is 26.3 Å². The van der Waals surface area contributed by atoms with Crippen LogP contribution in [0.1, 0.15) is 0 Å². The Morgan fingerprint density at radius 1 is 1.45 bits per heavy atom. The van der Waals surface area contributed by atoms with Crippen molar-refractivity contribution in [3.63, 3.8) is 0 Å². The quantitative estimate of drug-likeness (QED) is 0.357. The van der Waals surface area contributed by atoms with E-state index in [1.807, 2.05) is 0 Å². The van der Waals surface area contributed by atoms with Gasteiger partial charge in [-0.25, -0.2) is 0 Å². The van der Waals surface area contributed by atoms with Crippen LogP contribution in [-0.4, -0.2) is 44.9 Å². The second-order valence-corrected chi connectivity index (χ2v) is 2.15. The van der Waals surface area contributed by atoms with Crippen LogP contribution in [0.2, 0.25) is 0 Å². The molecule has 0 bridgehead atoms. The largest absolute Gasteiger partial charge is 1.00 e. The van der Waals surface area contributed by atoms with Gasteiger partial charge in [-0.2, -0.15) is 0 Å². The number of halogens is 1. The van der Waals surface area contributed by atoms with Crippen molar-refractivity contribution in [3.05, 3.63) is 0 Å². The van der Waals surface area contributed by atoms with Crippen LogP contribution in [-0.2, 0) is 7.90 Å². The molecule has 0 aromatic carbocycles. The first kappa shape index (κ1) is 22.6. The van der Waals surface area contributed by atoms with Crippen molar-refractivity contribution in [1.29, 1.82) is 0 Å². The zero-order valence-electron chi connectivity index (χ0n) is 5.73. The Balaban J connectivity index is -0.0000000383. The Hall–Kier alpha value is 0.827. The number of hydrogen-bond acceptors (Lipinski definition) is 3. The fraction of sp³-hybridized carbons (Fsp3) is 0.500. The van der Waals surface area contributed by atoms with Crippen LogP contribution in [0.5, 0.6) is 0 Å². The van der Waals surface area contributed by atoms with Crippen molar-refractivity contribution >= 4 is 26.3 Å². The Bertz CT molecular complexity index is 109. The maximum Gasteiger partial charge on any atom is 1.00 e. The van der Waals surface area contributed by atoms with E-state index in [4.69, 9.17) is 15.2 Å². The molecular weight excluding hydrogens is 288 g/mol. The van der Waals surface area contributed by atoms with E-state index in [2.05, 4.69) is 5.73 Å². The van der Waals surface area contributed by atoms with E-state index in [1.54, 1.807) is 0 Å². The molecule has 0 heterocycles. The van der Waals surface area contributed by atoms with E-state index in [-0.39, 0.29) is 37.8 Å². The maximum atomic E-state index is 9.24. The fourth-order valence-electron chi connectivity index (χ4n) is 0. The Kier molecular flexibility index (Phi) is 35.1. The molecule has 0 aromatic rings. The van der Waals surface area contributed by atoms with Gasteiger partial charge < -0.3 is 23.2 Å². The molecule has 0 atom stereocenters. The zero-order chi connectivity index (χ0) is 7.86. The number of carbonyl (C=O) groups is 1. The van der Waals surface area contributed by atoms with Crippen molar-refractivity contribution in [2.24, 2.45) is 5.73 Å². The van der Waals surface area contributed by atoms with Crippen LogP contribution in [0.3, 0.4) is 0 Å². The van der Waals surface area contributed by atoms with Gasteiger partial charge >= 0.3 is 55.2 Å². The first-order chi connectivity index (χ1) is 4.00. The monoisotopic (exact) mass is 297 g/mol. The topological polar surface area (TPSA) is 121 Å². The molecule has 0 saturated heterocycles. The van der Waals surface area contributed by atoms with Crippen LogP contribution in [0.15, 0.2) is 0 Å². The first-order valence-electron chi connectivity index (χ1n) is 1.72. The smallest absolute Gasteiger partial charge is 1.00 e. The summed E-state index contributed by atoms with van der Waals surface area (Å²) >= 11 is -3.61. The number of carboxylic acids is 1. The van der Waals surface area contributed by atoms with Crippen LogP contribution in [0, 0.1) is 0 Å². The molecule has 5 N–H and O–H groups in total. The molecule has 64 valence electrons. The number of carboxylic acid groups (broad SMARTS) is 1. The van der Waals surface area contributed by atoms with Gasteiger partial charge in [0.2, 0.25) is 0 Å². The number of hydrogen-bond donors (Lipinski definition) is 4. The average molecular weight is 295 g/mol. The molecule has 0 aliphatic heterocycles. The normalized spacial score (nSPS) is 6.55. The summed E-state index contributed by atoms with van der Waals surface area (Å²) in [7, 11) is 0. The van der Waals surface area contributed by atoms with Gasteiger partial charge in [-0.15, -0.1) is 0 Å². The first-order valence-corrected chi connectivity index (χ1v) is 4.76. The van der Waals surface area contributed by atoms with Gasteiger partial charge in [-0.05, 0) is 0 Å². The molecule has 0 aliphatic rings. The van der Waals surface area contributed by atoms with Crippen molar-refractivity contribution in [1.82, 2.24) is 0 Å². The van der Waals surface area contributed by atoms with Gasteiger partial charge in [-0.3, -0.25) is 4.79 Å². The summed E-state index contributed by atoms with van der Waals surface area (Å²) < 4.78 is 23.3. The Labute approximate surface area is 89.5 Å². The molecule has 0 amide bonds. The second kappa shape index (κ2) is 17.1. The molecule has 0 spiro atoms. The second-order valence-electron chi connectivity index (χ2n) is 0.829. The predicted octanol–water partition coefficient (Wildman–Crippen LogP) is -8.58. The minimum absolute atomic E-state index is 0. The summed E-state index contributed by atoms with van der Waals surface area (Å²) in [6.07, 6.45) is 0. The average Bonchev–Trinajstić information content (AvgIpc) is 1.65. The van der Waals surface area contributed by atoms with Crippen molar-refractivity contribution in [2.75, 3.05) is 6.54 Å². The molecule has 0 aromatic heterocycles. The third-order valence-electron chi connectivity index (χ3n) is 0.175. The summed E-state index contributed by atoms with van der Waals surface area (Å²) in [5.74, 6) is -0.968. The fourth-order valence-corrected chi connectivity index (χ4v) is 0. The molecule has 9 heteroatoms. The van der Waals surface area contributed by atoms with E-state index in [1.165, 1.54) is 0 Å². The summed E-state index contributed by atoms with van der Waals surface area (Å²) in [5, 5.41) is 7.60. The van der Waals surface area contributed by atoms with Gasteiger partial charge in [0, 0.05) is 0 Å². The minimum atomic E-state index is -3.61. The summed E-state index contributed by atoms with van der Waals surface area (Å²) in [6, 6.07) is 0. The Morgan fingerprint density at radius 3 is 1.55 bits per heavy atom. The van der Waals surface area contributed by atoms with Gasteiger partial charge in [0.15, 0.2) is 0 Å². The van der Waals surface area contributed by atoms with Crippen molar-refractivity contribution in [2.45, 2.75) is 0 Å². The molecular formula is C2H7ClLiNO5Te. The van der Waals surface area contributed by atoms with E-state index in [9.17, 15) is 4.79 Å². The minimum Gasteiger partial charge on any atom is -1.00 e. The third kappa shape index (κ3) is 106. The summed E-state index contributed by atoms with van der Waals surface area (Å²) in [4.78, 5) is 9.24. The van der Waals surface area contributed by atoms with Crippen molar-refractivity contribution < 1.29 is 51.2 Å². The zero-order valence-corrected chi connectivity index (χ0v) is 8.82. The SMILES string of the molecule is NCC(=O)O.O=[Te](O)O.[Cl-].[Li+]. The van der Waals surface area contributed by atoms with Crippen LogP contribution in [0.4, 0.5) is 0 Å². The number of nitrogens with two attached hydrogens (primary N) is 1. The Morgan fingerprint density at radius 2 is 1.55 bits per heavy atom. The molecule has 0 aliphatic carbocycles. The number of aliphatic carboxylic acids is 1. The number of rotatable bonds is 1. The van der Waals surface area contributed by atoms with Crippen LogP contribution in [0.25, 0.3) is 0 Å². The molecule has 0 fully saturated rings. The maximum absolute atomic E-state index is 9.24. The molecule has 6 nitrogen and oxygen atoms in total. The summed E-state index contributed by atoms with van der Waals surface area (Å²) in [5.41, 5.74) is 4.57. The molecule has 11 heavy (non-hydrogen) atoms. The van der Waals surface area contributed by atoms with Gasteiger partial charge in [0.05, 0.1) is 6.54 Å². The van der Waals surface area contributed by atoms with E-state index in [0.29, 0.717) is 0 Å². The van der Waals surface area contributed by atoms with Crippen molar-refractivity contribution in [3.8, 4) is 0 Å². The van der Waals surface area contributed by atoms with E-state index in [0.717, 1.165) is 0 Å². The predicted molar refractivity (Wildman–Crippen MR) is 27.6 cm³/mol. The van der Waals surface area contributed by atoms with Gasteiger partial charge in [0.1, 0.15) is 0 Å². The van der Waals surface area contributed by atoms with E-state index >= 15 is 0 Å². The third-order valence-corrected chi connectivity index (χ3v) is 0.175. The standard InChI is InChI=1S/C2H5NO2.ClH.Li.H2O3Te/c3-1-2(4)5;;;1-4(2)3/h1,3H2,(H,4,5);1H;;(H2,1,2,3)/q;;+1;/p-1. The van der Waals surface area contributed by atoms with Gasteiger partial charge in [0.25, 0.3) is 0 Å². The molecule has 0 saturated carbocycles. The van der Waals surface area contributed by atoms with Crippen LogP contribution >= 0.6 is 0 Å². The molecule has 0 rings (SSSR count). The van der Waals surface area contributed by atoms with Crippen LogP contribution < -0.4 is 37.0 Å². The molecule has 0 unspecified atom stereocenters. The molecule has 0 radical (unpaired) electrons.